The summed E-state index contributed by atoms with van der Waals surface area (Å²) in [5.74, 6) is -0.175. The summed E-state index contributed by atoms with van der Waals surface area (Å²) >= 11 is 0. The van der Waals surface area contributed by atoms with E-state index in [0.29, 0.717) is 5.69 Å². The van der Waals surface area contributed by atoms with E-state index in [0.717, 1.165) is 0 Å². The number of aryl methyl sites for hydroxylation is 1. The van der Waals surface area contributed by atoms with Gasteiger partial charge in [0.15, 0.2) is 5.78 Å². The highest BCUT2D eigenvalue weighted by Crippen LogP contribution is 2.15. The van der Waals surface area contributed by atoms with E-state index < -0.39 is 4.92 Å². The van der Waals surface area contributed by atoms with Gasteiger partial charge in [-0.05, 0) is 0 Å². The van der Waals surface area contributed by atoms with E-state index in [1.807, 2.05) is 0 Å². The first-order valence-corrected chi connectivity index (χ1v) is 3.34. The van der Waals surface area contributed by atoms with Gasteiger partial charge in [0.1, 0.15) is 0 Å². The van der Waals surface area contributed by atoms with Crippen molar-refractivity contribution < 1.29 is 9.72 Å². The van der Waals surface area contributed by atoms with Crippen molar-refractivity contribution in [2.24, 2.45) is 7.05 Å². The van der Waals surface area contributed by atoms with Gasteiger partial charge in [0.05, 0.1) is 16.8 Å². The number of carbonyl (C=O) groups excluding carboxylic acids is 1. The summed E-state index contributed by atoms with van der Waals surface area (Å²) < 4.78 is 1.44. The second kappa shape index (κ2) is 2.77. The van der Waals surface area contributed by atoms with Crippen molar-refractivity contribution in [3.8, 4) is 0 Å². The van der Waals surface area contributed by atoms with Crippen molar-refractivity contribution in [3.63, 3.8) is 0 Å². The lowest BCUT2D eigenvalue weighted by atomic mass is 10.3. The second-order valence-corrected chi connectivity index (χ2v) is 2.51. The van der Waals surface area contributed by atoms with Crippen molar-refractivity contribution in [2.45, 2.75) is 6.92 Å². The number of Topliss-reactive ketones (excluding diaryl/α,β-unsaturated/α-hetero) is 1. The Morgan fingerprint density at radius 1 is 1.67 bits per heavy atom. The third-order valence-electron chi connectivity index (χ3n) is 1.56. The molecule has 64 valence electrons. The van der Waals surface area contributed by atoms with Gasteiger partial charge in [0, 0.05) is 20.0 Å². The molecule has 0 aliphatic carbocycles. The molecule has 0 saturated carbocycles. The zero-order chi connectivity index (χ0) is 9.30. The standard InChI is InChI=1S/C7H8N2O3/c1-5(10)7-3-6(9(11)12)4-8(7)2/h3-4H,1-2H3. The quantitative estimate of drug-likeness (QED) is 0.377. The molecule has 0 amide bonds. The number of nitrogens with zero attached hydrogens (tertiary/aromatic N) is 2. The Bertz CT molecular complexity index is 340. The molecule has 0 bridgehead atoms. The van der Waals surface area contributed by atoms with Crippen LogP contribution in [0.5, 0.6) is 0 Å². The highest BCUT2D eigenvalue weighted by Gasteiger charge is 2.13. The Morgan fingerprint density at radius 2 is 2.25 bits per heavy atom. The molecule has 0 N–H and O–H groups in total. The average molecular weight is 168 g/mol. The molecule has 0 saturated heterocycles. The summed E-state index contributed by atoms with van der Waals surface area (Å²) in [5.41, 5.74) is 0.296. The zero-order valence-electron chi connectivity index (χ0n) is 6.77. The van der Waals surface area contributed by atoms with Crippen LogP contribution >= 0.6 is 0 Å². The maximum absolute atomic E-state index is 10.9. The molecule has 0 spiro atoms. The van der Waals surface area contributed by atoms with Crippen LogP contribution in [-0.4, -0.2) is 15.3 Å². The summed E-state index contributed by atoms with van der Waals surface area (Å²) in [5, 5.41) is 10.3. The second-order valence-electron chi connectivity index (χ2n) is 2.51. The number of ketones is 1. The normalized spacial score (nSPS) is 9.83. The molecule has 5 heteroatoms. The number of rotatable bonds is 2. The van der Waals surface area contributed by atoms with Crippen LogP contribution in [0.2, 0.25) is 0 Å². The first-order chi connectivity index (χ1) is 5.52. The molecule has 0 aromatic carbocycles. The predicted molar refractivity (Wildman–Crippen MR) is 42.1 cm³/mol. The number of hydrogen-bond acceptors (Lipinski definition) is 3. The summed E-state index contributed by atoms with van der Waals surface area (Å²) in [4.78, 5) is 20.6. The zero-order valence-corrected chi connectivity index (χ0v) is 6.77. The summed E-state index contributed by atoms with van der Waals surface area (Å²) in [6.45, 7) is 1.37. The van der Waals surface area contributed by atoms with Gasteiger partial charge in [0.25, 0.3) is 5.69 Å². The van der Waals surface area contributed by atoms with Crippen LogP contribution in [0, 0.1) is 10.1 Å². The molecule has 0 aliphatic rings. The van der Waals surface area contributed by atoms with Crippen LogP contribution < -0.4 is 0 Å². The fraction of sp³-hybridized carbons (Fsp3) is 0.286. The lowest BCUT2D eigenvalue weighted by molar-refractivity contribution is -0.384. The van der Waals surface area contributed by atoms with Crippen LogP contribution in [0.15, 0.2) is 12.3 Å². The molecule has 1 rings (SSSR count). The van der Waals surface area contributed by atoms with Crippen molar-refractivity contribution >= 4 is 11.5 Å². The van der Waals surface area contributed by atoms with E-state index in [9.17, 15) is 14.9 Å². The summed E-state index contributed by atoms with van der Waals surface area (Å²) in [6, 6.07) is 1.27. The Kier molecular flexibility index (Phi) is 1.95. The van der Waals surface area contributed by atoms with Crippen LogP contribution in [0.1, 0.15) is 17.4 Å². The van der Waals surface area contributed by atoms with Crippen LogP contribution in [0.3, 0.4) is 0 Å². The Hall–Kier alpha value is -1.65. The topological polar surface area (TPSA) is 65.1 Å². The largest absolute Gasteiger partial charge is 0.342 e. The van der Waals surface area contributed by atoms with Gasteiger partial charge < -0.3 is 4.57 Å². The van der Waals surface area contributed by atoms with Gasteiger partial charge >= 0.3 is 0 Å². The minimum Gasteiger partial charge on any atom is -0.342 e. The molecule has 1 heterocycles. The first-order valence-electron chi connectivity index (χ1n) is 3.34. The highest BCUT2D eigenvalue weighted by molar-refractivity contribution is 5.93. The maximum atomic E-state index is 10.9. The van der Waals surface area contributed by atoms with Gasteiger partial charge in [-0.3, -0.25) is 14.9 Å². The minimum absolute atomic E-state index is 0.0531. The predicted octanol–water partition coefficient (Wildman–Crippen LogP) is 1.14. The van der Waals surface area contributed by atoms with E-state index in [1.54, 1.807) is 7.05 Å². The molecule has 1 aromatic rings. The maximum Gasteiger partial charge on any atom is 0.287 e. The number of nitro groups is 1. The molecule has 0 fully saturated rings. The van der Waals surface area contributed by atoms with Gasteiger partial charge in [-0.15, -0.1) is 0 Å². The van der Waals surface area contributed by atoms with E-state index in [-0.39, 0.29) is 11.5 Å². The molecule has 1 aromatic heterocycles. The van der Waals surface area contributed by atoms with E-state index >= 15 is 0 Å². The number of carbonyl (C=O) groups is 1. The van der Waals surface area contributed by atoms with Crippen molar-refractivity contribution in [1.29, 1.82) is 0 Å². The van der Waals surface area contributed by atoms with E-state index in [4.69, 9.17) is 0 Å². The van der Waals surface area contributed by atoms with Crippen molar-refractivity contribution in [3.05, 3.63) is 28.1 Å². The monoisotopic (exact) mass is 168 g/mol. The molecule has 0 radical (unpaired) electrons. The first kappa shape index (κ1) is 8.45. The van der Waals surface area contributed by atoms with E-state index in [2.05, 4.69) is 0 Å². The number of hydrogen-bond donors (Lipinski definition) is 0. The molecule has 0 atom stereocenters. The van der Waals surface area contributed by atoms with Gasteiger partial charge in [-0.25, -0.2) is 0 Å². The van der Waals surface area contributed by atoms with Crippen LogP contribution in [0.25, 0.3) is 0 Å². The van der Waals surface area contributed by atoms with Crippen LogP contribution in [-0.2, 0) is 7.05 Å². The molecular weight excluding hydrogens is 160 g/mol. The third-order valence-corrected chi connectivity index (χ3v) is 1.56. The Morgan fingerprint density at radius 3 is 2.50 bits per heavy atom. The van der Waals surface area contributed by atoms with Crippen LogP contribution in [0.4, 0.5) is 5.69 Å². The molecule has 12 heavy (non-hydrogen) atoms. The van der Waals surface area contributed by atoms with Gasteiger partial charge in [-0.1, -0.05) is 0 Å². The average Bonchev–Trinajstić information content (AvgIpc) is 2.30. The lowest BCUT2D eigenvalue weighted by Gasteiger charge is -1.93. The van der Waals surface area contributed by atoms with E-state index in [1.165, 1.54) is 23.8 Å². The van der Waals surface area contributed by atoms with Crippen molar-refractivity contribution in [1.82, 2.24) is 4.57 Å². The SMILES string of the molecule is CC(=O)c1cc([N+](=O)[O-])cn1C. The fourth-order valence-electron chi connectivity index (χ4n) is 0.997. The lowest BCUT2D eigenvalue weighted by Crippen LogP contribution is -1.99. The smallest absolute Gasteiger partial charge is 0.287 e. The molecule has 5 nitrogen and oxygen atoms in total. The highest BCUT2D eigenvalue weighted by atomic mass is 16.6. The van der Waals surface area contributed by atoms with Gasteiger partial charge in [-0.2, -0.15) is 0 Å². The number of aromatic nitrogens is 1. The summed E-state index contributed by atoms with van der Waals surface area (Å²) in [6.07, 6.45) is 1.32. The third kappa shape index (κ3) is 1.34. The molecule has 0 aliphatic heterocycles. The fourth-order valence-corrected chi connectivity index (χ4v) is 0.997. The summed E-state index contributed by atoms with van der Waals surface area (Å²) in [7, 11) is 1.60. The molecular formula is C7H8N2O3. The Balaban J connectivity index is 3.17. The van der Waals surface area contributed by atoms with Gasteiger partial charge in [0.2, 0.25) is 0 Å². The Labute approximate surface area is 68.8 Å². The minimum atomic E-state index is -0.521. The molecule has 0 unspecified atom stereocenters. The van der Waals surface area contributed by atoms with Crippen molar-refractivity contribution in [2.75, 3.05) is 0 Å².